The summed E-state index contributed by atoms with van der Waals surface area (Å²) in [4.78, 5) is 11.0. The molecule has 0 aliphatic heterocycles. The van der Waals surface area contributed by atoms with E-state index in [1.807, 2.05) is 6.07 Å². The normalized spacial score (nSPS) is 24.4. The number of hydrogen-bond acceptors (Lipinski definition) is 4. The van der Waals surface area contributed by atoms with Crippen LogP contribution in [0, 0.1) is 0 Å². The van der Waals surface area contributed by atoms with Crippen molar-refractivity contribution in [2.24, 2.45) is 0 Å². The van der Waals surface area contributed by atoms with Crippen molar-refractivity contribution >= 4 is 5.97 Å². The molecule has 2 saturated carbocycles. The Morgan fingerprint density at radius 3 is 2.30 bits per heavy atom. The molecule has 2 fully saturated rings. The first-order valence-electron chi connectivity index (χ1n) is 8.55. The Morgan fingerprint density at radius 1 is 1.13 bits per heavy atom. The lowest BCUT2D eigenvalue weighted by atomic mass is 9.91. The van der Waals surface area contributed by atoms with Crippen LogP contribution in [0.15, 0.2) is 18.2 Å². The summed E-state index contributed by atoms with van der Waals surface area (Å²) in [6.07, 6.45) is 7.57. The topological polar surface area (TPSA) is 70.6 Å². The molecule has 1 aromatic rings. The third-order valence-electron chi connectivity index (χ3n) is 4.89. The highest BCUT2D eigenvalue weighted by Gasteiger charge is 2.27. The van der Waals surface area contributed by atoms with E-state index in [0.29, 0.717) is 24.4 Å². The van der Waals surface area contributed by atoms with Gasteiger partial charge in [-0.2, -0.15) is 0 Å². The summed E-state index contributed by atoms with van der Waals surface area (Å²) in [7, 11) is 1.58. The Kier molecular flexibility index (Phi) is 5.18. The zero-order valence-electron chi connectivity index (χ0n) is 13.7. The average molecular weight is 318 g/mol. The van der Waals surface area contributed by atoms with E-state index < -0.39 is 5.97 Å². The Labute approximate surface area is 137 Å². The van der Waals surface area contributed by atoms with Gasteiger partial charge in [-0.1, -0.05) is 6.07 Å². The fourth-order valence-electron chi connectivity index (χ4n) is 3.33. The molecular formula is C18H26N2O3. The van der Waals surface area contributed by atoms with Crippen LogP contribution in [-0.2, 0) is 6.54 Å². The van der Waals surface area contributed by atoms with E-state index in [1.54, 1.807) is 19.2 Å². The second kappa shape index (κ2) is 7.32. The maximum atomic E-state index is 11.0. The van der Waals surface area contributed by atoms with Crippen molar-refractivity contribution in [1.82, 2.24) is 10.6 Å². The number of benzene rings is 1. The first-order valence-corrected chi connectivity index (χ1v) is 8.55. The zero-order valence-corrected chi connectivity index (χ0v) is 13.7. The van der Waals surface area contributed by atoms with Crippen LogP contribution in [0.2, 0.25) is 0 Å². The minimum Gasteiger partial charge on any atom is -0.496 e. The maximum Gasteiger partial charge on any atom is 0.335 e. The number of ether oxygens (including phenoxy) is 1. The third kappa shape index (κ3) is 4.45. The molecular weight excluding hydrogens is 292 g/mol. The van der Waals surface area contributed by atoms with Gasteiger partial charge in [0.15, 0.2) is 0 Å². The van der Waals surface area contributed by atoms with Gasteiger partial charge >= 0.3 is 5.97 Å². The molecule has 2 aliphatic rings. The largest absolute Gasteiger partial charge is 0.496 e. The molecule has 0 saturated heterocycles. The lowest BCUT2D eigenvalue weighted by Gasteiger charge is -2.30. The van der Waals surface area contributed by atoms with E-state index >= 15 is 0 Å². The number of aromatic carboxylic acids is 1. The van der Waals surface area contributed by atoms with Crippen LogP contribution in [-0.4, -0.2) is 36.3 Å². The van der Waals surface area contributed by atoms with Gasteiger partial charge in [-0.25, -0.2) is 4.79 Å². The van der Waals surface area contributed by atoms with Crippen LogP contribution < -0.4 is 15.4 Å². The minimum atomic E-state index is -0.927. The maximum absolute atomic E-state index is 11.0. The van der Waals surface area contributed by atoms with Crippen LogP contribution in [0.4, 0.5) is 0 Å². The molecule has 0 aromatic heterocycles. The van der Waals surface area contributed by atoms with Crippen molar-refractivity contribution in [3.8, 4) is 5.75 Å². The van der Waals surface area contributed by atoms with E-state index in [-0.39, 0.29) is 5.56 Å². The van der Waals surface area contributed by atoms with Crippen molar-refractivity contribution in [3.63, 3.8) is 0 Å². The predicted molar refractivity (Wildman–Crippen MR) is 89.0 cm³/mol. The highest BCUT2D eigenvalue weighted by atomic mass is 16.5. The molecule has 5 nitrogen and oxygen atoms in total. The Morgan fingerprint density at radius 2 is 1.74 bits per heavy atom. The molecule has 3 rings (SSSR count). The molecule has 126 valence electrons. The Balaban J connectivity index is 1.49. The fraction of sp³-hybridized carbons (Fsp3) is 0.611. The van der Waals surface area contributed by atoms with Crippen molar-refractivity contribution in [2.45, 2.75) is 63.2 Å². The van der Waals surface area contributed by atoms with E-state index in [0.717, 1.165) is 11.6 Å². The van der Waals surface area contributed by atoms with Gasteiger partial charge < -0.3 is 20.5 Å². The van der Waals surface area contributed by atoms with Crippen LogP contribution in [0.5, 0.6) is 5.75 Å². The summed E-state index contributed by atoms with van der Waals surface area (Å²) in [5.41, 5.74) is 1.27. The number of carbonyl (C=O) groups is 1. The molecule has 23 heavy (non-hydrogen) atoms. The van der Waals surface area contributed by atoms with Gasteiger partial charge in [0.05, 0.1) is 12.7 Å². The number of methoxy groups -OCH3 is 1. The van der Waals surface area contributed by atoms with Crippen molar-refractivity contribution in [3.05, 3.63) is 29.3 Å². The highest BCUT2D eigenvalue weighted by molar-refractivity contribution is 5.88. The number of rotatable bonds is 7. The van der Waals surface area contributed by atoms with Crippen LogP contribution in [0.3, 0.4) is 0 Å². The first-order chi connectivity index (χ1) is 11.2. The molecule has 5 heteroatoms. The zero-order chi connectivity index (χ0) is 16.2. The third-order valence-corrected chi connectivity index (χ3v) is 4.89. The highest BCUT2D eigenvalue weighted by Crippen LogP contribution is 2.26. The van der Waals surface area contributed by atoms with Crippen LogP contribution in [0.25, 0.3) is 0 Å². The van der Waals surface area contributed by atoms with Gasteiger partial charge in [0, 0.05) is 30.2 Å². The molecule has 0 radical (unpaired) electrons. The lowest BCUT2D eigenvalue weighted by molar-refractivity contribution is 0.0696. The molecule has 0 unspecified atom stereocenters. The first kappa shape index (κ1) is 16.3. The SMILES string of the molecule is COc1cc(C(=O)O)ccc1CNC1CCC(NC2CC2)CC1. The van der Waals surface area contributed by atoms with Gasteiger partial charge in [0.2, 0.25) is 0 Å². The van der Waals surface area contributed by atoms with Crippen molar-refractivity contribution in [2.75, 3.05) is 7.11 Å². The molecule has 0 atom stereocenters. The van der Waals surface area contributed by atoms with Crippen molar-refractivity contribution in [1.29, 1.82) is 0 Å². The Hall–Kier alpha value is -1.59. The molecule has 2 aliphatic carbocycles. The summed E-state index contributed by atoms with van der Waals surface area (Å²) in [5.74, 6) is -0.286. The smallest absolute Gasteiger partial charge is 0.335 e. The van der Waals surface area contributed by atoms with Crippen LogP contribution in [0.1, 0.15) is 54.4 Å². The lowest BCUT2D eigenvalue weighted by Crippen LogP contribution is -2.40. The number of nitrogens with one attached hydrogen (secondary N) is 2. The van der Waals surface area contributed by atoms with Crippen molar-refractivity contribution < 1.29 is 14.6 Å². The van der Waals surface area contributed by atoms with Gasteiger partial charge in [0.25, 0.3) is 0 Å². The summed E-state index contributed by atoms with van der Waals surface area (Å²) in [6.45, 7) is 0.717. The quantitative estimate of drug-likeness (QED) is 0.721. The van der Waals surface area contributed by atoms with E-state index in [4.69, 9.17) is 9.84 Å². The number of hydrogen-bond donors (Lipinski definition) is 3. The van der Waals surface area contributed by atoms with Gasteiger partial charge in [-0.05, 0) is 50.7 Å². The van der Waals surface area contributed by atoms with Gasteiger partial charge in [0.1, 0.15) is 5.75 Å². The summed E-state index contributed by atoms with van der Waals surface area (Å²) >= 11 is 0. The van der Waals surface area contributed by atoms with E-state index in [1.165, 1.54) is 38.5 Å². The average Bonchev–Trinajstić information content (AvgIpc) is 3.38. The molecule has 0 bridgehead atoms. The molecule has 0 spiro atoms. The molecule has 0 heterocycles. The molecule has 0 amide bonds. The molecule has 1 aromatic carbocycles. The van der Waals surface area contributed by atoms with Gasteiger partial charge in [-0.15, -0.1) is 0 Å². The standard InChI is InChI=1S/C18H26N2O3/c1-23-17-10-12(18(21)22)2-3-13(17)11-19-14-4-6-15(7-5-14)20-16-8-9-16/h2-3,10,14-16,19-20H,4-9,11H2,1H3,(H,21,22). The predicted octanol–water partition coefficient (Wildman–Crippen LogP) is 2.55. The van der Waals surface area contributed by atoms with E-state index in [2.05, 4.69) is 10.6 Å². The van der Waals surface area contributed by atoms with Crippen LogP contribution >= 0.6 is 0 Å². The second-order valence-electron chi connectivity index (χ2n) is 6.70. The summed E-state index contributed by atoms with van der Waals surface area (Å²) in [5, 5.41) is 16.4. The van der Waals surface area contributed by atoms with E-state index in [9.17, 15) is 4.79 Å². The Bertz CT molecular complexity index is 549. The second-order valence-corrected chi connectivity index (χ2v) is 6.70. The fourth-order valence-corrected chi connectivity index (χ4v) is 3.33. The summed E-state index contributed by atoms with van der Waals surface area (Å²) < 4.78 is 5.33. The van der Waals surface area contributed by atoms with Gasteiger partial charge in [-0.3, -0.25) is 0 Å². The monoisotopic (exact) mass is 318 g/mol. The number of carboxylic acid groups (broad SMARTS) is 1. The summed E-state index contributed by atoms with van der Waals surface area (Å²) in [6, 6.07) is 7.10. The minimum absolute atomic E-state index is 0.261. The molecule has 3 N–H and O–H groups in total. The number of carboxylic acids is 1.